The minimum atomic E-state index is 0.136. The van der Waals surface area contributed by atoms with Crippen molar-refractivity contribution in [2.75, 3.05) is 26.2 Å². The van der Waals surface area contributed by atoms with Crippen LogP contribution in [0.1, 0.15) is 49.2 Å². The summed E-state index contributed by atoms with van der Waals surface area (Å²) in [5.41, 5.74) is 1.67. The molecule has 2 fully saturated rings. The van der Waals surface area contributed by atoms with E-state index < -0.39 is 0 Å². The smallest absolute Gasteiger partial charge is 0.255 e. The average molecular weight is 315 g/mol. The Kier molecular flexibility index (Phi) is 5.00. The number of amides is 1. The zero-order valence-electron chi connectivity index (χ0n) is 14.7. The van der Waals surface area contributed by atoms with Gasteiger partial charge in [-0.15, -0.1) is 0 Å². The molecule has 1 aromatic rings. The van der Waals surface area contributed by atoms with Crippen LogP contribution in [0.25, 0.3) is 0 Å². The fraction of sp³-hybridized carbons (Fsp3) is 0.684. The largest absolute Gasteiger partial charge is 0.337 e. The Bertz CT molecular complexity index is 536. The predicted octanol–water partition coefficient (Wildman–Crippen LogP) is 2.97. The molecule has 0 spiro atoms. The van der Waals surface area contributed by atoms with Crippen LogP contribution < -0.4 is 0 Å². The van der Waals surface area contributed by atoms with Crippen molar-refractivity contribution in [1.29, 1.82) is 0 Å². The van der Waals surface area contributed by atoms with E-state index in [0.717, 1.165) is 37.7 Å². The summed E-state index contributed by atoms with van der Waals surface area (Å²) >= 11 is 0. The van der Waals surface area contributed by atoms with Crippen LogP contribution in [0, 0.1) is 18.8 Å². The third-order valence-electron chi connectivity index (χ3n) is 5.15. The van der Waals surface area contributed by atoms with E-state index >= 15 is 0 Å². The molecule has 2 aliphatic rings. The van der Waals surface area contributed by atoms with Crippen molar-refractivity contribution in [3.63, 3.8) is 0 Å². The standard InChI is InChI=1S/C19H29N3O/c1-14(2)18-13-22(10-4-9-21(18)12-16-6-7-16)19(23)17-8-5-15(3)20-11-17/h5,8,11,14,16,18H,4,6-7,9-10,12-13H2,1-3H3/t18-/m0/s1. The summed E-state index contributed by atoms with van der Waals surface area (Å²) in [4.78, 5) is 21.8. The van der Waals surface area contributed by atoms with Crippen LogP contribution in [0.15, 0.2) is 18.3 Å². The average Bonchev–Trinajstić information content (AvgIpc) is 3.34. The third kappa shape index (κ3) is 4.11. The summed E-state index contributed by atoms with van der Waals surface area (Å²) in [6.45, 7) is 10.6. The van der Waals surface area contributed by atoms with Crippen LogP contribution in [0.2, 0.25) is 0 Å². The van der Waals surface area contributed by atoms with Crippen LogP contribution >= 0.6 is 0 Å². The van der Waals surface area contributed by atoms with Crippen molar-refractivity contribution in [2.24, 2.45) is 11.8 Å². The molecule has 0 unspecified atom stereocenters. The molecule has 1 aliphatic carbocycles. The van der Waals surface area contributed by atoms with Gasteiger partial charge in [0.05, 0.1) is 5.56 Å². The van der Waals surface area contributed by atoms with E-state index in [0.29, 0.717) is 17.5 Å². The first-order chi connectivity index (χ1) is 11.0. The summed E-state index contributed by atoms with van der Waals surface area (Å²) in [5, 5.41) is 0. The Morgan fingerprint density at radius 1 is 1.30 bits per heavy atom. The zero-order valence-corrected chi connectivity index (χ0v) is 14.7. The Morgan fingerprint density at radius 2 is 2.09 bits per heavy atom. The van der Waals surface area contributed by atoms with E-state index in [1.807, 2.05) is 24.0 Å². The first-order valence-electron chi connectivity index (χ1n) is 9.00. The number of carbonyl (C=O) groups is 1. The Labute approximate surface area is 139 Å². The quantitative estimate of drug-likeness (QED) is 0.857. The highest BCUT2D eigenvalue weighted by Gasteiger charge is 2.33. The Balaban J connectivity index is 1.72. The number of pyridine rings is 1. The van der Waals surface area contributed by atoms with Gasteiger partial charge in [0.1, 0.15) is 0 Å². The van der Waals surface area contributed by atoms with Crippen molar-refractivity contribution in [2.45, 2.75) is 46.1 Å². The molecule has 1 aliphatic heterocycles. The van der Waals surface area contributed by atoms with E-state index in [1.54, 1.807) is 6.20 Å². The maximum Gasteiger partial charge on any atom is 0.255 e. The lowest BCUT2D eigenvalue weighted by atomic mass is 10.0. The van der Waals surface area contributed by atoms with Crippen molar-refractivity contribution in [1.82, 2.24) is 14.8 Å². The second kappa shape index (κ2) is 7.00. The van der Waals surface area contributed by atoms with Gasteiger partial charge < -0.3 is 4.90 Å². The van der Waals surface area contributed by atoms with Gasteiger partial charge in [0.25, 0.3) is 5.91 Å². The minimum Gasteiger partial charge on any atom is -0.337 e. The van der Waals surface area contributed by atoms with E-state index in [4.69, 9.17) is 0 Å². The summed E-state index contributed by atoms with van der Waals surface area (Å²) in [6.07, 6.45) is 5.56. The first kappa shape index (κ1) is 16.4. The van der Waals surface area contributed by atoms with E-state index in [2.05, 4.69) is 23.7 Å². The maximum atomic E-state index is 12.8. The number of aryl methyl sites for hydroxylation is 1. The second-order valence-corrected chi connectivity index (χ2v) is 7.54. The van der Waals surface area contributed by atoms with Crippen LogP contribution in [-0.2, 0) is 0 Å². The molecule has 126 valence electrons. The van der Waals surface area contributed by atoms with Gasteiger partial charge in [0.15, 0.2) is 0 Å². The number of hydrogen-bond donors (Lipinski definition) is 0. The summed E-state index contributed by atoms with van der Waals surface area (Å²) in [6, 6.07) is 4.30. The topological polar surface area (TPSA) is 36.4 Å². The van der Waals surface area contributed by atoms with Gasteiger partial charge in [-0.1, -0.05) is 13.8 Å². The molecule has 23 heavy (non-hydrogen) atoms. The fourth-order valence-corrected chi connectivity index (χ4v) is 3.52. The van der Waals surface area contributed by atoms with Gasteiger partial charge in [-0.2, -0.15) is 0 Å². The summed E-state index contributed by atoms with van der Waals surface area (Å²) in [7, 11) is 0. The van der Waals surface area contributed by atoms with Crippen molar-refractivity contribution >= 4 is 5.91 Å². The summed E-state index contributed by atoms with van der Waals surface area (Å²) < 4.78 is 0. The normalized spacial score (nSPS) is 23.1. The zero-order chi connectivity index (χ0) is 16.4. The molecule has 1 saturated heterocycles. The van der Waals surface area contributed by atoms with Gasteiger partial charge in [0, 0.05) is 44.1 Å². The minimum absolute atomic E-state index is 0.136. The number of aromatic nitrogens is 1. The van der Waals surface area contributed by atoms with Crippen LogP contribution in [0.4, 0.5) is 0 Å². The van der Waals surface area contributed by atoms with Crippen LogP contribution in [-0.4, -0.2) is 52.9 Å². The van der Waals surface area contributed by atoms with Gasteiger partial charge in [-0.3, -0.25) is 14.7 Å². The van der Waals surface area contributed by atoms with Crippen LogP contribution in [0.5, 0.6) is 0 Å². The molecule has 0 aromatic carbocycles. The fourth-order valence-electron chi connectivity index (χ4n) is 3.52. The van der Waals surface area contributed by atoms with Gasteiger partial charge >= 0.3 is 0 Å². The monoisotopic (exact) mass is 315 g/mol. The number of nitrogens with zero attached hydrogens (tertiary/aromatic N) is 3. The predicted molar refractivity (Wildman–Crippen MR) is 92.4 cm³/mol. The summed E-state index contributed by atoms with van der Waals surface area (Å²) in [5.74, 6) is 1.61. The molecule has 0 bridgehead atoms. The molecule has 4 heteroatoms. The lowest BCUT2D eigenvalue weighted by Crippen LogP contribution is -2.46. The number of rotatable bonds is 4. The third-order valence-corrected chi connectivity index (χ3v) is 5.15. The Morgan fingerprint density at radius 3 is 2.70 bits per heavy atom. The number of hydrogen-bond acceptors (Lipinski definition) is 3. The Hall–Kier alpha value is -1.42. The van der Waals surface area contributed by atoms with Gasteiger partial charge in [-0.25, -0.2) is 0 Å². The van der Waals surface area contributed by atoms with Crippen molar-refractivity contribution in [3.05, 3.63) is 29.6 Å². The van der Waals surface area contributed by atoms with E-state index in [9.17, 15) is 4.79 Å². The van der Waals surface area contributed by atoms with Gasteiger partial charge in [-0.05, 0) is 50.2 Å². The number of carbonyl (C=O) groups excluding carboxylic acids is 1. The lowest BCUT2D eigenvalue weighted by Gasteiger charge is -2.34. The van der Waals surface area contributed by atoms with E-state index in [-0.39, 0.29) is 5.91 Å². The van der Waals surface area contributed by atoms with E-state index in [1.165, 1.54) is 19.4 Å². The molecule has 4 nitrogen and oxygen atoms in total. The molecular formula is C19H29N3O. The highest BCUT2D eigenvalue weighted by molar-refractivity contribution is 5.94. The SMILES string of the molecule is Cc1ccc(C(=O)N2CCCN(CC3CC3)[C@H](C(C)C)C2)cn1. The second-order valence-electron chi connectivity index (χ2n) is 7.54. The van der Waals surface area contributed by atoms with Crippen LogP contribution in [0.3, 0.4) is 0 Å². The lowest BCUT2D eigenvalue weighted by molar-refractivity contribution is 0.0704. The molecule has 3 rings (SSSR count). The van der Waals surface area contributed by atoms with Crippen molar-refractivity contribution < 1.29 is 4.79 Å². The maximum absolute atomic E-state index is 12.8. The molecule has 0 N–H and O–H groups in total. The van der Waals surface area contributed by atoms with Crippen molar-refractivity contribution in [3.8, 4) is 0 Å². The molecular weight excluding hydrogens is 286 g/mol. The molecule has 1 saturated carbocycles. The molecule has 2 heterocycles. The van der Waals surface area contributed by atoms with Gasteiger partial charge in [0.2, 0.25) is 0 Å². The first-order valence-corrected chi connectivity index (χ1v) is 9.00. The molecule has 1 aromatic heterocycles. The molecule has 1 atom stereocenters. The highest BCUT2D eigenvalue weighted by atomic mass is 16.2. The molecule has 0 radical (unpaired) electrons. The molecule has 1 amide bonds. The highest BCUT2D eigenvalue weighted by Crippen LogP contribution is 2.32.